The molecule has 0 aliphatic carbocycles. The van der Waals surface area contributed by atoms with E-state index in [0.29, 0.717) is 49.5 Å². The number of anilines is 4. The first-order valence-corrected chi connectivity index (χ1v) is 12.9. The summed E-state index contributed by atoms with van der Waals surface area (Å²) in [5, 5.41) is 14.9. The Kier molecular flexibility index (Phi) is 6.36. The highest BCUT2D eigenvalue weighted by molar-refractivity contribution is 5.73. The van der Waals surface area contributed by atoms with Crippen molar-refractivity contribution < 1.29 is 9.32 Å². The van der Waals surface area contributed by atoms with E-state index in [-0.39, 0.29) is 11.9 Å². The molecule has 2 aliphatic rings. The van der Waals surface area contributed by atoms with Crippen LogP contribution in [0.2, 0.25) is 0 Å². The van der Waals surface area contributed by atoms with Gasteiger partial charge >= 0.3 is 0 Å². The lowest BCUT2D eigenvalue weighted by Crippen LogP contribution is -2.48. The largest absolute Gasteiger partial charge is 0.358 e. The molecule has 0 radical (unpaired) electrons. The molecule has 1 amide bonds. The van der Waals surface area contributed by atoms with Crippen LogP contribution in [0.15, 0.2) is 47.1 Å². The maximum Gasteiger partial charge on any atom is 0.229 e. The zero-order chi connectivity index (χ0) is 26.1. The van der Waals surface area contributed by atoms with E-state index in [2.05, 4.69) is 35.5 Å². The van der Waals surface area contributed by atoms with E-state index in [1.165, 1.54) is 0 Å². The van der Waals surface area contributed by atoms with Gasteiger partial charge in [0.15, 0.2) is 11.6 Å². The van der Waals surface area contributed by atoms with Gasteiger partial charge < -0.3 is 24.5 Å². The first kappa shape index (κ1) is 23.9. The van der Waals surface area contributed by atoms with Gasteiger partial charge in [-0.3, -0.25) is 14.9 Å². The van der Waals surface area contributed by atoms with Gasteiger partial charge in [0, 0.05) is 69.7 Å². The van der Waals surface area contributed by atoms with Gasteiger partial charge in [0.25, 0.3) is 0 Å². The number of hydrogen-bond acceptors (Lipinski definition) is 10. The zero-order valence-electron chi connectivity index (χ0n) is 21.5. The lowest BCUT2D eigenvalue weighted by Gasteiger charge is -2.35. The number of H-pyrrole nitrogens is 1. The molecule has 2 N–H and O–H groups in total. The van der Waals surface area contributed by atoms with Crippen LogP contribution in [0, 0.1) is 6.92 Å². The Labute approximate surface area is 220 Å². The number of aromatic nitrogens is 6. The van der Waals surface area contributed by atoms with Gasteiger partial charge in [-0.1, -0.05) is 11.2 Å². The van der Waals surface area contributed by atoms with Gasteiger partial charge in [-0.25, -0.2) is 0 Å². The van der Waals surface area contributed by atoms with Crippen LogP contribution < -0.4 is 15.1 Å². The van der Waals surface area contributed by atoms with Gasteiger partial charge in [0.1, 0.15) is 17.3 Å². The zero-order valence-corrected chi connectivity index (χ0v) is 21.5. The standard InChI is InChI=1S/C26H30N10O2/c1-17-14-24(32-31-17)28-23-16-25(35-12-10-34(11-13-35)18(2)37)30-26(29-23)36-9-5-7-21(36)22-15-20(33-38-22)19-6-3-4-8-27-19/h3-4,6,8,14-16,21H,5,7,9-13H2,1-2H3,(H2,28,29,30,31,32). The summed E-state index contributed by atoms with van der Waals surface area (Å²) < 4.78 is 5.80. The summed E-state index contributed by atoms with van der Waals surface area (Å²) in [6.45, 7) is 7.10. The second-order valence-corrected chi connectivity index (χ2v) is 9.65. The van der Waals surface area contributed by atoms with Gasteiger partial charge in [-0.2, -0.15) is 15.1 Å². The van der Waals surface area contributed by atoms with E-state index in [4.69, 9.17) is 14.5 Å². The number of nitrogens with one attached hydrogen (secondary N) is 2. The first-order valence-electron chi connectivity index (χ1n) is 12.9. The Balaban J connectivity index is 1.31. The number of carbonyl (C=O) groups excluding carboxylic acids is 1. The van der Waals surface area contributed by atoms with Crippen LogP contribution >= 0.6 is 0 Å². The third kappa shape index (κ3) is 4.89. The second kappa shape index (κ2) is 10.1. The summed E-state index contributed by atoms with van der Waals surface area (Å²) >= 11 is 0. The minimum absolute atomic E-state index is 0.0368. The number of amides is 1. The molecule has 2 saturated heterocycles. The van der Waals surface area contributed by atoms with E-state index >= 15 is 0 Å². The van der Waals surface area contributed by atoms with Crippen molar-refractivity contribution >= 4 is 29.3 Å². The minimum atomic E-state index is -0.0368. The fraction of sp³-hybridized carbons (Fsp3) is 0.385. The molecular weight excluding hydrogens is 484 g/mol. The maximum absolute atomic E-state index is 11.8. The molecule has 38 heavy (non-hydrogen) atoms. The van der Waals surface area contributed by atoms with Crippen molar-refractivity contribution in [1.82, 2.24) is 35.2 Å². The van der Waals surface area contributed by atoms with Crippen molar-refractivity contribution in [3.05, 3.63) is 54.0 Å². The third-order valence-corrected chi connectivity index (χ3v) is 7.01. The van der Waals surface area contributed by atoms with Crippen LogP contribution in [0.4, 0.5) is 23.4 Å². The summed E-state index contributed by atoms with van der Waals surface area (Å²) in [5.74, 6) is 3.64. The van der Waals surface area contributed by atoms with Crippen molar-refractivity contribution in [2.75, 3.05) is 47.8 Å². The monoisotopic (exact) mass is 514 g/mol. The van der Waals surface area contributed by atoms with E-state index in [9.17, 15) is 4.79 Å². The van der Waals surface area contributed by atoms with Crippen molar-refractivity contribution in [2.45, 2.75) is 32.7 Å². The Morgan fingerprint density at radius 1 is 1.05 bits per heavy atom. The molecule has 6 rings (SSSR count). The van der Waals surface area contributed by atoms with Crippen molar-refractivity contribution in [3.8, 4) is 11.4 Å². The number of carbonyl (C=O) groups is 1. The molecular formula is C26H30N10O2. The Morgan fingerprint density at radius 2 is 1.92 bits per heavy atom. The molecule has 12 heteroatoms. The molecule has 2 aliphatic heterocycles. The second-order valence-electron chi connectivity index (χ2n) is 9.65. The van der Waals surface area contributed by atoms with Gasteiger partial charge in [0.05, 0.1) is 11.7 Å². The van der Waals surface area contributed by atoms with Gasteiger partial charge in [-0.05, 0) is 31.9 Å². The smallest absolute Gasteiger partial charge is 0.229 e. The summed E-state index contributed by atoms with van der Waals surface area (Å²) in [7, 11) is 0. The van der Waals surface area contributed by atoms with Crippen LogP contribution in [0.3, 0.4) is 0 Å². The topological polar surface area (TPSA) is 132 Å². The highest BCUT2D eigenvalue weighted by atomic mass is 16.5. The quantitative estimate of drug-likeness (QED) is 0.395. The average molecular weight is 515 g/mol. The molecule has 0 bridgehead atoms. The van der Waals surface area contributed by atoms with Crippen molar-refractivity contribution in [1.29, 1.82) is 0 Å². The fourth-order valence-corrected chi connectivity index (χ4v) is 5.02. The SMILES string of the molecule is CC(=O)N1CCN(c2cc(Nc3cc(C)[nH]n3)nc(N3CCCC3c3cc(-c4ccccn4)no3)n2)CC1. The third-order valence-electron chi connectivity index (χ3n) is 7.01. The van der Waals surface area contributed by atoms with E-state index in [0.717, 1.165) is 42.4 Å². The van der Waals surface area contributed by atoms with Gasteiger partial charge in [-0.15, -0.1) is 0 Å². The minimum Gasteiger partial charge on any atom is -0.358 e. The molecule has 196 valence electrons. The molecule has 2 fully saturated rings. The molecule has 4 aromatic rings. The molecule has 4 aromatic heterocycles. The van der Waals surface area contributed by atoms with Crippen LogP contribution in [0.1, 0.15) is 37.3 Å². The van der Waals surface area contributed by atoms with Crippen LogP contribution in [-0.2, 0) is 4.79 Å². The van der Waals surface area contributed by atoms with Crippen molar-refractivity contribution in [2.24, 2.45) is 0 Å². The molecule has 0 saturated carbocycles. The number of nitrogens with zero attached hydrogens (tertiary/aromatic N) is 8. The summed E-state index contributed by atoms with van der Waals surface area (Å²) in [4.78, 5) is 32.3. The normalized spacial score (nSPS) is 17.7. The van der Waals surface area contributed by atoms with E-state index in [1.54, 1.807) is 13.1 Å². The van der Waals surface area contributed by atoms with Crippen molar-refractivity contribution in [3.63, 3.8) is 0 Å². The lowest BCUT2D eigenvalue weighted by atomic mass is 10.1. The molecule has 6 heterocycles. The molecule has 12 nitrogen and oxygen atoms in total. The lowest BCUT2D eigenvalue weighted by molar-refractivity contribution is -0.129. The molecule has 1 atom stereocenters. The highest BCUT2D eigenvalue weighted by Gasteiger charge is 2.33. The predicted molar refractivity (Wildman–Crippen MR) is 142 cm³/mol. The van der Waals surface area contributed by atoms with Crippen LogP contribution in [0.5, 0.6) is 0 Å². The molecule has 1 unspecified atom stereocenters. The van der Waals surface area contributed by atoms with E-state index < -0.39 is 0 Å². The number of hydrogen-bond donors (Lipinski definition) is 2. The number of aromatic amines is 1. The van der Waals surface area contributed by atoms with Gasteiger partial charge in [0.2, 0.25) is 11.9 Å². The predicted octanol–water partition coefficient (Wildman–Crippen LogP) is 3.31. The number of rotatable bonds is 6. The van der Waals surface area contributed by atoms with Crippen LogP contribution in [0.25, 0.3) is 11.4 Å². The highest BCUT2D eigenvalue weighted by Crippen LogP contribution is 2.37. The molecule has 0 aromatic carbocycles. The maximum atomic E-state index is 11.8. The number of aryl methyl sites for hydroxylation is 1. The molecule has 0 spiro atoms. The first-order chi connectivity index (χ1) is 18.5. The summed E-state index contributed by atoms with van der Waals surface area (Å²) in [6.07, 6.45) is 3.63. The average Bonchev–Trinajstić information content (AvgIpc) is 3.70. The summed E-state index contributed by atoms with van der Waals surface area (Å²) in [5.41, 5.74) is 2.44. The number of pyridine rings is 1. The Morgan fingerprint density at radius 3 is 2.66 bits per heavy atom. The van der Waals surface area contributed by atoms with E-state index in [1.807, 2.05) is 48.2 Å². The fourth-order valence-electron chi connectivity index (χ4n) is 5.02. The van der Waals surface area contributed by atoms with Crippen LogP contribution in [-0.4, -0.2) is 73.8 Å². The Bertz CT molecular complexity index is 1410. The number of piperazine rings is 1. The Hall–Kier alpha value is -4.48. The summed E-state index contributed by atoms with van der Waals surface area (Å²) in [6, 6.07) is 11.5.